The number of alkyl halides is 3. The Morgan fingerprint density at radius 1 is 1.14 bits per heavy atom. The molecular formula is C18H19F3N2O4S. The van der Waals surface area contributed by atoms with Crippen molar-refractivity contribution in [1.29, 1.82) is 0 Å². The molecule has 2 rings (SSSR count). The molecule has 6 nitrogen and oxygen atoms in total. The molecule has 1 aromatic heterocycles. The molecule has 28 heavy (non-hydrogen) atoms. The first-order chi connectivity index (χ1) is 12.9. The number of benzene rings is 1. The van der Waals surface area contributed by atoms with Gasteiger partial charge in [-0.3, -0.25) is 4.79 Å². The van der Waals surface area contributed by atoms with E-state index in [9.17, 15) is 31.5 Å². The molecule has 2 aromatic rings. The Hall–Kier alpha value is -2.46. The number of carbonyl (C=O) groups excluding carboxylic acids is 1. The molecule has 0 spiro atoms. The average molecular weight is 416 g/mol. The van der Waals surface area contributed by atoms with Gasteiger partial charge in [0.25, 0.3) is 0 Å². The summed E-state index contributed by atoms with van der Waals surface area (Å²) in [5.41, 5.74) is -2.95. The van der Waals surface area contributed by atoms with Crippen LogP contribution < -0.4 is 5.32 Å². The molecule has 0 aliphatic rings. The zero-order valence-corrected chi connectivity index (χ0v) is 15.9. The fourth-order valence-electron chi connectivity index (χ4n) is 2.27. The third kappa shape index (κ3) is 4.87. The Morgan fingerprint density at radius 3 is 2.21 bits per heavy atom. The summed E-state index contributed by atoms with van der Waals surface area (Å²) in [5.74, 6) is -0.485. The molecule has 152 valence electrons. The van der Waals surface area contributed by atoms with Gasteiger partial charge in [0.2, 0.25) is 5.91 Å². The number of rotatable bonds is 6. The predicted octanol–water partition coefficient (Wildman–Crippen LogP) is 2.83. The van der Waals surface area contributed by atoms with Crippen LogP contribution in [0, 0.1) is 0 Å². The van der Waals surface area contributed by atoms with Gasteiger partial charge in [-0.2, -0.15) is 13.2 Å². The number of sulfone groups is 1. The Bertz CT molecular complexity index is 938. The van der Waals surface area contributed by atoms with Gasteiger partial charge in [-0.05, 0) is 30.7 Å². The van der Waals surface area contributed by atoms with Crippen LogP contribution in [0.3, 0.4) is 0 Å². The maximum Gasteiger partial charge on any atom is 0.421 e. The van der Waals surface area contributed by atoms with Crippen LogP contribution in [0.4, 0.5) is 19.0 Å². The molecule has 1 atom stereocenters. The van der Waals surface area contributed by atoms with Crippen LogP contribution in [0.25, 0.3) is 0 Å². The molecule has 1 amide bonds. The molecule has 10 heteroatoms. The van der Waals surface area contributed by atoms with Crippen LogP contribution >= 0.6 is 0 Å². The number of hydrogen-bond acceptors (Lipinski definition) is 5. The van der Waals surface area contributed by atoms with E-state index in [4.69, 9.17) is 0 Å². The van der Waals surface area contributed by atoms with Gasteiger partial charge >= 0.3 is 6.18 Å². The largest absolute Gasteiger partial charge is 0.421 e. The Labute approximate surface area is 160 Å². The van der Waals surface area contributed by atoms with Crippen LogP contribution in [-0.4, -0.2) is 36.3 Å². The minimum absolute atomic E-state index is 0.0249. The average Bonchev–Trinajstić information content (AvgIpc) is 2.61. The first kappa shape index (κ1) is 21.8. The summed E-state index contributed by atoms with van der Waals surface area (Å²) in [6, 6.07) is 8.03. The van der Waals surface area contributed by atoms with E-state index in [1.165, 1.54) is 31.2 Å². The van der Waals surface area contributed by atoms with Crippen molar-refractivity contribution in [3.05, 3.63) is 53.7 Å². The molecular weight excluding hydrogens is 397 g/mol. The summed E-state index contributed by atoms with van der Waals surface area (Å²) >= 11 is 0. The minimum Gasteiger partial charge on any atom is -0.376 e. The quantitative estimate of drug-likeness (QED) is 0.755. The van der Waals surface area contributed by atoms with Crippen molar-refractivity contribution in [2.75, 3.05) is 11.1 Å². The molecule has 0 aliphatic carbocycles. The predicted molar refractivity (Wildman–Crippen MR) is 96.4 cm³/mol. The smallest absolute Gasteiger partial charge is 0.376 e. The van der Waals surface area contributed by atoms with Gasteiger partial charge in [-0.1, -0.05) is 25.1 Å². The number of nitrogens with one attached hydrogen (secondary N) is 1. The third-order valence-corrected chi connectivity index (χ3v) is 5.92. The summed E-state index contributed by atoms with van der Waals surface area (Å²) < 4.78 is 62.0. The SMILES string of the molecule is CCS(=O)(=O)c1ccc(CC(=O)Nc2ccc(C(C)(O)C(F)(F)F)cn2)cc1. The maximum atomic E-state index is 12.8. The normalized spacial score (nSPS) is 14.4. The molecule has 1 heterocycles. The molecule has 1 aromatic carbocycles. The lowest BCUT2D eigenvalue weighted by molar-refractivity contribution is -0.259. The van der Waals surface area contributed by atoms with Crippen LogP contribution in [0.5, 0.6) is 0 Å². The molecule has 0 saturated heterocycles. The molecule has 1 unspecified atom stereocenters. The second-order valence-corrected chi connectivity index (χ2v) is 8.55. The number of carbonyl (C=O) groups is 1. The van der Waals surface area contributed by atoms with Crippen molar-refractivity contribution in [2.45, 2.75) is 36.9 Å². The first-order valence-corrected chi connectivity index (χ1v) is 9.89. The molecule has 2 N–H and O–H groups in total. The van der Waals surface area contributed by atoms with Crippen LogP contribution in [-0.2, 0) is 26.7 Å². The van der Waals surface area contributed by atoms with E-state index in [-0.39, 0.29) is 22.9 Å². The molecule has 0 saturated carbocycles. The molecule has 0 aliphatic heterocycles. The number of nitrogens with zero attached hydrogens (tertiary/aromatic N) is 1. The minimum atomic E-state index is -4.86. The van der Waals surface area contributed by atoms with E-state index < -0.39 is 33.1 Å². The first-order valence-electron chi connectivity index (χ1n) is 8.24. The van der Waals surface area contributed by atoms with Gasteiger partial charge in [0.1, 0.15) is 5.82 Å². The second-order valence-electron chi connectivity index (χ2n) is 6.27. The monoisotopic (exact) mass is 416 g/mol. The van der Waals surface area contributed by atoms with Gasteiger partial charge < -0.3 is 10.4 Å². The summed E-state index contributed by atoms with van der Waals surface area (Å²) in [4.78, 5) is 15.9. The van der Waals surface area contributed by atoms with Gasteiger partial charge in [-0.15, -0.1) is 0 Å². The number of aromatic nitrogens is 1. The van der Waals surface area contributed by atoms with Crippen LogP contribution in [0.15, 0.2) is 47.5 Å². The zero-order chi connectivity index (χ0) is 21.2. The number of aliphatic hydroxyl groups is 1. The summed E-state index contributed by atoms with van der Waals surface area (Å²) in [6.45, 7) is 2.15. The van der Waals surface area contributed by atoms with E-state index in [0.29, 0.717) is 12.5 Å². The Kier molecular flexibility index (Phi) is 6.15. The summed E-state index contributed by atoms with van der Waals surface area (Å²) in [7, 11) is -3.33. The number of hydrogen-bond donors (Lipinski definition) is 2. The van der Waals surface area contributed by atoms with Crippen molar-refractivity contribution in [2.24, 2.45) is 0 Å². The Morgan fingerprint density at radius 2 is 1.75 bits per heavy atom. The van der Waals surface area contributed by atoms with Gasteiger partial charge in [0.05, 0.1) is 17.1 Å². The van der Waals surface area contributed by atoms with Crippen molar-refractivity contribution < 1.29 is 31.5 Å². The highest BCUT2D eigenvalue weighted by Gasteiger charge is 2.51. The van der Waals surface area contributed by atoms with Gasteiger partial charge in [0.15, 0.2) is 15.4 Å². The third-order valence-electron chi connectivity index (χ3n) is 4.17. The zero-order valence-electron chi connectivity index (χ0n) is 15.1. The highest BCUT2D eigenvalue weighted by molar-refractivity contribution is 7.91. The second kappa shape index (κ2) is 7.88. The summed E-state index contributed by atoms with van der Waals surface area (Å²) in [6.07, 6.45) is -4.10. The Balaban J connectivity index is 2.04. The fraction of sp³-hybridized carbons (Fsp3) is 0.333. The lowest BCUT2D eigenvalue weighted by Gasteiger charge is -2.26. The number of anilines is 1. The molecule has 0 bridgehead atoms. The standard InChI is InChI=1S/C18H19F3N2O4S/c1-3-28(26,27)14-7-4-12(5-8-14)10-16(24)23-15-9-6-13(11-22-15)17(2,25)18(19,20)21/h4-9,11,25H,3,10H2,1-2H3,(H,22,23,24). The number of halogens is 3. The van der Waals surface area contributed by atoms with Crippen LogP contribution in [0.1, 0.15) is 25.0 Å². The van der Waals surface area contributed by atoms with Crippen molar-refractivity contribution in [3.8, 4) is 0 Å². The van der Waals surface area contributed by atoms with Gasteiger partial charge in [0, 0.05) is 11.8 Å². The summed E-state index contributed by atoms with van der Waals surface area (Å²) in [5, 5.41) is 12.0. The van der Waals surface area contributed by atoms with Crippen molar-refractivity contribution >= 4 is 21.6 Å². The lowest BCUT2D eigenvalue weighted by atomic mass is 9.97. The van der Waals surface area contributed by atoms with Gasteiger partial charge in [-0.25, -0.2) is 13.4 Å². The van der Waals surface area contributed by atoms with Crippen molar-refractivity contribution in [1.82, 2.24) is 4.98 Å². The van der Waals surface area contributed by atoms with E-state index in [1.807, 2.05) is 0 Å². The number of pyridine rings is 1. The lowest BCUT2D eigenvalue weighted by Crippen LogP contribution is -2.39. The highest BCUT2D eigenvalue weighted by atomic mass is 32.2. The van der Waals surface area contributed by atoms with Crippen LogP contribution in [0.2, 0.25) is 0 Å². The van der Waals surface area contributed by atoms with E-state index in [1.54, 1.807) is 0 Å². The molecule has 0 fully saturated rings. The van der Waals surface area contributed by atoms with E-state index in [0.717, 1.165) is 18.3 Å². The topological polar surface area (TPSA) is 96.4 Å². The van der Waals surface area contributed by atoms with E-state index >= 15 is 0 Å². The highest BCUT2D eigenvalue weighted by Crippen LogP contribution is 2.38. The van der Waals surface area contributed by atoms with Crippen molar-refractivity contribution in [3.63, 3.8) is 0 Å². The fourth-order valence-corrected chi connectivity index (χ4v) is 3.16. The number of amides is 1. The maximum absolute atomic E-state index is 12.8. The molecule has 0 radical (unpaired) electrons. The van der Waals surface area contributed by atoms with E-state index in [2.05, 4.69) is 10.3 Å².